The maximum absolute atomic E-state index is 5.29. The van der Waals surface area contributed by atoms with Crippen LogP contribution < -0.4 is 0 Å². The molecule has 0 atom stereocenters. The highest BCUT2D eigenvalue weighted by atomic mass is 16.3. The summed E-state index contributed by atoms with van der Waals surface area (Å²) in [4.78, 5) is 4.30. The van der Waals surface area contributed by atoms with E-state index in [0.717, 1.165) is 17.1 Å². The molecule has 0 N–H and O–H groups in total. The molecular weight excluding hydrogens is 200 g/mol. The second-order valence-corrected chi connectivity index (χ2v) is 3.48. The highest BCUT2D eigenvalue weighted by Crippen LogP contribution is 2.18. The van der Waals surface area contributed by atoms with Crippen LogP contribution in [0.1, 0.15) is 0 Å². The topological polar surface area (TPSA) is 31.0 Å². The van der Waals surface area contributed by atoms with Crippen molar-refractivity contribution < 1.29 is 4.42 Å². The third-order valence-corrected chi connectivity index (χ3v) is 2.41. The first kappa shape index (κ1) is 8.97. The van der Waals surface area contributed by atoms with Crippen LogP contribution in [0.3, 0.4) is 0 Å². The van der Waals surface area contributed by atoms with E-state index < -0.39 is 0 Å². The Balaban J connectivity index is 2.00. The quantitative estimate of drug-likeness (QED) is 0.650. The van der Waals surface area contributed by atoms with Gasteiger partial charge in [0, 0.05) is 11.9 Å². The number of benzene rings is 1. The van der Waals surface area contributed by atoms with E-state index in [4.69, 9.17) is 4.42 Å². The summed E-state index contributed by atoms with van der Waals surface area (Å²) in [6.45, 7) is 0. The molecule has 0 aliphatic rings. The number of rotatable bonds is 2. The van der Waals surface area contributed by atoms with Crippen molar-refractivity contribution >= 4 is 0 Å². The molecule has 2 aromatic heterocycles. The van der Waals surface area contributed by atoms with Gasteiger partial charge in [0.1, 0.15) is 12.0 Å². The number of para-hydroxylation sites is 1. The van der Waals surface area contributed by atoms with Gasteiger partial charge in [0.15, 0.2) is 5.76 Å². The first-order chi connectivity index (χ1) is 7.93. The zero-order valence-electron chi connectivity index (χ0n) is 8.58. The van der Waals surface area contributed by atoms with E-state index in [1.807, 2.05) is 53.2 Å². The predicted molar refractivity (Wildman–Crippen MR) is 61.3 cm³/mol. The van der Waals surface area contributed by atoms with Crippen LogP contribution in [0.4, 0.5) is 0 Å². The molecule has 0 aliphatic carbocycles. The molecule has 0 saturated heterocycles. The fraction of sp³-hybridized carbons (Fsp3) is 0. The molecular formula is C13H10N2O. The fourth-order valence-electron chi connectivity index (χ4n) is 1.62. The lowest BCUT2D eigenvalue weighted by Gasteiger charge is -1.99. The summed E-state index contributed by atoms with van der Waals surface area (Å²) in [6, 6.07) is 13.8. The summed E-state index contributed by atoms with van der Waals surface area (Å²) >= 11 is 0. The van der Waals surface area contributed by atoms with Gasteiger partial charge in [0.05, 0.1) is 6.26 Å². The van der Waals surface area contributed by atoms with Crippen LogP contribution in [0.5, 0.6) is 0 Å². The summed E-state index contributed by atoms with van der Waals surface area (Å²) in [5.41, 5.74) is 1.93. The van der Waals surface area contributed by atoms with E-state index in [-0.39, 0.29) is 0 Å². The lowest BCUT2D eigenvalue weighted by Crippen LogP contribution is -1.87. The van der Waals surface area contributed by atoms with Crippen LogP contribution in [-0.4, -0.2) is 9.55 Å². The van der Waals surface area contributed by atoms with Crippen LogP contribution in [0, 0.1) is 0 Å². The normalized spacial score (nSPS) is 10.5. The number of nitrogens with zero attached hydrogens (tertiary/aromatic N) is 2. The van der Waals surface area contributed by atoms with Crippen molar-refractivity contribution in [2.75, 3.05) is 0 Å². The van der Waals surface area contributed by atoms with Crippen molar-refractivity contribution in [1.82, 2.24) is 9.55 Å². The molecule has 3 nitrogen and oxygen atoms in total. The molecule has 2 heterocycles. The average Bonchev–Trinajstić information content (AvgIpc) is 3.01. The van der Waals surface area contributed by atoms with E-state index in [0.29, 0.717) is 0 Å². The molecule has 3 aromatic rings. The molecule has 0 radical (unpaired) electrons. The molecule has 0 aliphatic heterocycles. The van der Waals surface area contributed by atoms with Gasteiger partial charge in [-0.3, -0.25) is 0 Å². The van der Waals surface area contributed by atoms with Gasteiger partial charge in [-0.2, -0.15) is 0 Å². The Kier molecular flexibility index (Phi) is 2.07. The van der Waals surface area contributed by atoms with Crippen molar-refractivity contribution in [2.24, 2.45) is 0 Å². The zero-order valence-corrected chi connectivity index (χ0v) is 8.58. The van der Waals surface area contributed by atoms with Crippen LogP contribution in [0.2, 0.25) is 0 Å². The Morgan fingerprint density at radius 3 is 2.62 bits per heavy atom. The SMILES string of the molecule is c1ccc(-n2cnc(-c3ccco3)c2)cc1. The Bertz CT molecular complexity index is 567. The van der Waals surface area contributed by atoms with Gasteiger partial charge in [0.25, 0.3) is 0 Å². The molecule has 0 amide bonds. The highest BCUT2D eigenvalue weighted by molar-refractivity contribution is 5.51. The van der Waals surface area contributed by atoms with Gasteiger partial charge in [-0.1, -0.05) is 18.2 Å². The van der Waals surface area contributed by atoms with Crippen molar-refractivity contribution in [3.8, 4) is 17.1 Å². The lowest BCUT2D eigenvalue weighted by atomic mass is 10.3. The summed E-state index contributed by atoms with van der Waals surface area (Å²) in [5.74, 6) is 0.787. The number of hydrogen-bond donors (Lipinski definition) is 0. The minimum absolute atomic E-state index is 0.787. The molecule has 0 bridgehead atoms. The smallest absolute Gasteiger partial charge is 0.153 e. The number of furan rings is 1. The molecule has 3 heteroatoms. The van der Waals surface area contributed by atoms with Crippen molar-refractivity contribution in [3.05, 3.63) is 61.3 Å². The number of aromatic nitrogens is 2. The Morgan fingerprint density at radius 2 is 1.88 bits per heavy atom. The van der Waals surface area contributed by atoms with E-state index in [2.05, 4.69) is 4.98 Å². The fourth-order valence-corrected chi connectivity index (χ4v) is 1.62. The van der Waals surface area contributed by atoms with Crippen molar-refractivity contribution in [2.45, 2.75) is 0 Å². The van der Waals surface area contributed by atoms with Gasteiger partial charge in [0.2, 0.25) is 0 Å². The van der Waals surface area contributed by atoms with E-state index in [1.165, 1.54) is 0 Å². The van der Waals surface area contributed by atoms with Gasteiger partial charge in [-0.05, 0) is 24.3 Å². The summed E-state index contributed by atoms with van der Waals surface area (Å²) in [6.07, 6.45) is 5.39. The third-order valence-electron chi connectivity index (χ3n) is 2.41. The summed E-state index contributed by atoms with van der Waals surface area (Å²) in [7, 11) is 0. The largest absolute Gasteiger partial charge is 0.463 e. The molecule has 3 rings (SSSR count). The molecule has 1 aromatic carbocycles. The summed E-state index contributed by atoms with van der Waals surface area (Å²) < 4.78 is 7.26. The van der Waals surface area contributed by atoms with E-state index in [1.54, 1.807) is 12.6 Å². The van der Waals surface area contributed by atoms with Crippen LogP contribution >= 0.6 is 0 Å². The Morgan fingerprint density at radius 1 is 1.00 bits per heavy atom. The van der Waals surface area contributed by atoms with Crippen LogP contribution in [0.25, 0.3) is 17.1 Å². The first-order valence-corrected chi connectivity index (χ1v) is 5.07. The second kappa shape index (κ2) is 3.70. The lowest BCUT2D eigenvalue weighted by molar-refractivity contribution is 0.580. The maximum atomic E-state index is 5.29. The Labute approximate surface area is 93.0 Å². The molecule has 0 saturated carbocycles. The van der Waals surface area contributed by atoms with Gasteiger partial charge in [-0.15, -0.1) is 0 Å². The van der Waals surface area contributed by atoms with Crippen LogP contribution in [-0.2, 0) is 0 Å². The highest BCUT2D eigenvalue weighted by Gasteiger charge is 2.04. The monoisotopic (exact) mass is 210 g/mol. The van der Waals surface area contributed by atoms with E-state index >= 15 is 0 Å². The minimum Gasteiger partial charge on any atom is -0.463 e. The first-order valence-electron chi connectivity index (χ1n) is 5.07. The molecule has 0 fully saturated rings. The Hall–Kier alpha value is -2.29. The molecule has 0 spiro atoms. The molecule has 16 heavy (non-hydrogen) atoms. The minimum atomic E-state index is 0.787. The zero-order chi connectivity index (χ0) is 10.8. The predicted octanol–water partition coefficient (Wildman–Crippen LogP) is 3.13. The number of hydrogen-bond acceptors (Lipinski definition) is 2. The standard InChI is InChI=1S/C13H10N2O/c1-2-5-11(6-3-1)15-9-12(14-10-15)13-7-4-8-16-13/h1-10H. The van der Waals surface area contributed by atoms with Crippen molar-refractivity contribution in [3.63, 3.8) is 0 Å². The van der Waals surface area contributed by atoms with Gasteiger partial charge in [-0.25, -0.2) is 4.98 Å². The van der Waals surface area contributed by atoms with Crippen molar-refractivity contribution in [1.29, 1.82) is 0 Å². The van der Waals surface area contributed by atoms with E-state index in [9.17, 15) is 0 Å². The molecule has 78 valence electrons. The average molecular weight is 210 g/mol. The second-order valence-electron chi connectivity index (χ2n) is 3.48. The van der Waals surface area contributed by atoms with Crippen LogP contribution in [0.15, 0.2) is 65.7 Å². The van der Waals surface area contributed by atoms with Gasteiger partial charge >= 0.3 is 0 Å². The molecule has 0 unspecified atom stereocenters. The maximum Gasteiger partial charge on any atom is 0.153 e. The van der Waals surface area contributed by atoms with Gasteiger partial charge < -0.3 is 8.98 Å². The third kappa shape index (κ3) is 1.52. The summed E-state index contributed by atoms with van der Waals surface area (Å²) in [5, 5.41) is 0. The number of imidazole rings is 1.